The number of rotatable bonds is 6. The van der Waals surface area contributed by atoms with Crippen LogP contribution in [0, 0.1) is 0 Å². The minimum absolute atomic E-state index is 0.158. The van der Waals surface area contributed by atoms with E-state index in [1.54, 1.807) is 6.20 Å². The maximum Gasteiger partial charge on any atom is 0.180 e. The molecule has 0 saturated heterocycles. The van der Waals surface area contributed by atoms with Crippen molar-refractivity contribution in [2.75, 3.05) is 0 Å². The molecular weight excluding hydrogens is 236 g/mol. The van der Waals surface area contributed by atoms with Crippen LogP contribution in [0.1, 0.15) is 43.6 Å². The van der Waals surface area contributed by atoms with Gasteiger partial charge in [0.1, 0.15) is 11.5 Å². The number of hydrogen-bond acceptors (Lipinski definition) is 2. The largest absolute Gasteiger partial charge is 0.322 e. The number of aromatic nitrogens is 2. The average Bonchev–Trinajstić information content (AvgIpc) is 2.89. The fraction of sp³-hybridized carbons (Fsp3) is 0.375. The molecule has 0 aliphatic heterocycles. The SMILES string of the molecule is CCCCn1c(C(=O)CC)cnc1-c1ccccc1. The van der Waals surface area contributed by atoms with Crippen LogP contribution in [0.25, 0.3) is 11.4 Å². The van der Waals surface area contributed by atoms with Crippen LogP contribution in [0.15, 0.2) is 36.5 Å². The number of unbranched alkanes of at least 4 members (excludes halogenated alkanes) is 1. The highest BCUT2D eigenvalue weighted by Crippen LogP contribution is 2.21. The van der Waals surface area contributed by atoms with Gasteiger partial charge in [0.25, 0.3) is 0 Å². The van der Waals surface area contributed by atoms with Crippen molar-refractivity contribution in [2.24, 2.45) is 0 Å². The summed E-state index contributed by atoms with van der Waals surface area (Å²) < 4.78 is 2.06. The van der Waals surface area contributed by atoms with Crippen LogP contribution in [-0.2, 0) is 6.54 Å². The molecule has 0 atom stereocenters. The van der Waals surface area contributed by atoms with Crippen LogP contribution in [0.5, 0.6) is 0 Å². The van der Waals surface area contributed by atoms with Gasteiger partial charge in [-0.2, -0.15) is 0 Å². The number of hydrogen-bond donors (Lipinski definition) is 0. The van der Waals surface area contributed by atoms with E-state index in [9.17, 15) is 4.79 Å². The topological polar surface area (TPSA) is 34.9 Å². The summed E-state index contributed by atoms with van der Waals surface area (Å²) in [5, 5.41) is 0. The number of Topliss-reactive ketones (excluding diaryl/α,β-unsaturated/α-hetero) is 1. The van der Waals surface area contributed by atoms with Crippen LogP contribution in [0.4, 0.5) is 0 Å². The fourth-order valence-corrected chi connectivity index (χ4v) is 2.14. The standard InChI is InChI=1S/C16H20N2O/c1-3-5-11-18-14(15(19)4-2)12-17-16(18)13-9-7-6-8-10-13/h6-10,12H,3-5,11H2,1-2H3. The minimum atomic E-state index is 0.158. The van der Waals surface area contributed by atoms with Gasteiger partial charge >= 0.3 is 0 Å². The summed E-state index contributed by atoms with van der Waals surface area (Å²) in [7, 11) is 0. The van der Waals surface area contributed by atoms with Gasteiger partial charge in [0, 0.05) is 18.5 Å². The first-order valence-electron chi connectivity index (χ1n) is 6.92. The van der Waals surface area contributed by atoms with Gasteiger partial charge in [0.2, 0.25) is 0 Å². The number of imidazole rings is 1. The molecule has 3 nitrogen and oxygen atoms in total. The monoisotopic (exact) mass is 256 g/mol. The predicted molar refractivity (Wildman–Crippen MR) is 77.2 cm³/mol. The second-order valence-electron chi connectivity index (χ2n) is 4.61. The number of nitrogens with zero attached hydrogens (tertiary/aromatic N) is 2. The molecule has 1 aromatic heterocycles. The fourth-order valence-electron chi connectivity index (χ4n) is 2.14. The van der Waals surface area contributed by atoms with Gasteiger partial charge in [-0.3, -0.25) is 4.79 Å². The summed E-state index contributed by atoms with van der Waals surface area (Å²) in [6.07, 6.45) is 4.39. The minimum Gasteiger partial charge on any atom is -0.322 e. The normalized spacial score (nSPS) is 10.6. The van der Waals surface area contributed by atoms with Gasteiger partial charge in [-0.1, -0.05) is 50.6 Å². The van der Waals surface area contributed by atoms with E-state index in [0.717, 1.165) is 36.5 Å². The van der Waals surface area contributed by atoms with E-state index in [-0.39, 0.29) is 5.78 Å². The Labute approximate surface area is 114 Å². The van der Waals surface area contributed by atoms with Crippen molar-refractivity contribution >= 4 is 5.78 Å². The zero-order valence-electron chi connectivity index (χ0n) is 11.6. The Bertz CT molecular complexity index is 543. The molecule has 0 bridgehead atoms. The van der Waals surface area contributed by atoms with Crippen molar-refractivity contribution in [1.29, 1.82) is 0 Å². The molecule has 100 valence electrons. The first kappa shape index (κ1) is 13.5. The molecular formula is C16H20N2O. The van der Waals surface area contributed by atoms with Crippen LogP contribution in [-0.4, -0.2) is 15.3 Å². The highest BCUT2D eigenvalue weighted by atomic mass is 16.1. The van der Waals surface area contributed by atoms with Crippen molar-refractivity contribution in [2.45, 2.75) is 39.7 Å². The summed E-state index contributed by atoms with van der Waals surface area (Å²) in [6, 6.07) is 10.0. The molecule has 19 heavy (non-hydrogen) atoms. The molecule has 2 aromatic rings. The van der Waals surface area contributed by atoms with Gasteiger partial charge in [-0.15, -0.1) is 0 Å². The zero-order valence-corrected chi connectivity index (χ0v) is 11.6. The molecule has 0 spiro atoms. The molecule has 0 saturated carbocycles. The summed E-state index contributed by atoms with van der Waals surface area (Å²) in [6.45, 7) is 4.89. The van der Waals surface area contributed by atoms with E-state index in [1.807, 2.05) is 37.3 Å². The van der Waals surface area contributed by atoms with Gasteiger partial charge in [0.05, 0.1) is 6.20 Å². The number of carbonyl (C=O) groups is 1. The van der Waals surface area contributed by atoms with Crippen LogP contribution in [0.2, 0.25) is 0 Å². The molecule has 0 aliphatic carbocycles. The van der Waals surface area contributed by atoms with Gasteiger partial charge in [-0.05, 0) is 6.42 Å². The van der Waals surface area contributed by atoms with Crippen LogP contribution in [0.3, 0.4) is 0 Å². The Morgan fingerprint density at radius 1 is 1.21 bits per heavy atom. The lowest BCUT2D eigenvalue weighted by atomic mass is 10.2. The molecule has 0 amide bonds. The van der Waals surface area contributed by atoms with E-state index in [1.165, 1.54) is 0 Å². The second kappa shape index (κ2) is 6.32. The van der Waals surface area contributed by atoms with Crippen molar-refractivity contribution < 1.29 is 4.79 Å². The van der Waals surface area contributed by atoms with Crippen LogP contribution >= 0.6 is 0 Å². The average molecular weight is 256 g/mol. The molecule has 1 heterocycles. The Balaban J connectivity index is 2.43. The Hall–Kier alpha value is -1.90. The lowest BCUT2D eigenvalue weighted by molar-refractivity contribution is 0.0979. The Kier molecular flexibility index (Phi) is 4.50. The lowest BCUT2D eigenvalue weighted by Gasteiger charge is -2.10. The van der Waals surface area contributed by atoms with Crippen molar-refractivity contribution in [3.05, 3.63) is 42.2 Å². The van der Waals surface area contributed by atoms with E-state index in [2.05, 4.69) is 16.5 Å². The number of carbonyl (C=O) groups excluding carboxylic acids is 1. The van der Waals surface area contributed by atoms with Gasteiger partial charge in [-0.25, -0.2) is 4.98 Å². The van der Waals surface area contributed by atoms with Crippen molar-refractivity contribution in [1.82, 2.24) is 9.55 Å². The van der Waals surface area contributed by atoms with Crippen molar-refractivity contribution in [3.8, 4) is 11.4 Å². The third kappa shape index (κ3) is 2.92. The molecule has 0 N–H and O–H groups in total. The maximum atomic E-state index is 12.0. The van der Waals surface area contributed by atoms with Crippen LogP contribution < -0.4 is 0 Å². The summed E-state index contributed by atoms with van der Waals surface area (Å²) >= 11 is 0. The molecule has 0 radical (unpaired) electrons. The smallest absolute Gasteiger partial charge is 0.180 e. The Morgan fingerprint density at radius 2 is 1.95 bits per heavy atom. The summed E-state index contributed by atoms with van der Waals surface area (Å²) in [4.78, 5) is 16.4. The first-order valence-corrected chi connectivity index (χ1v) is 6.92. The highest BCUT2D eigenvalue weighted by Gasteiger charge is 2.15. The number of benzene rings is 1. The maximum absolute atomic E-state index is 12.0. The molecule has 1 aromatic carbocycles. The second-order valence-corrected chi connectivity index (χ2v) is 4.61. The van der Waals surface area contributed by atoms with E-state index in [0.29, 0.717) is 6.42 Å². The first-order chi connectivity index (χ1) is 9.27. The highest BCUT2D eigenvalue weighted by molar-refractivity contribution is 5.94. The third-order valence-electron chi connectivity index (χ3n) is 3.23. The predicted octanol–water partition coefficient (Wildman–Crippen LogP) is 3.94. The van der Waals surface area contributed by atoms with E-state index >= 15 is 0 Å². The Morgan fingerprint density at radius 3 is 2.58 bits per heavy atom. The van der Waals surface area contributed by atoms with Crippen molar-refractivity contribution in [3.63, 3.8) is 0 Å². The van der Waals surface area contributed by atoms with Gasteiger partial charge < -0.3 is 4.57 Å². The zero-order chi connectivity index (χ0) is 13.7. The molecule has 2 rings (SSSR count). The summed E-state index contributed by atoms with van der Waals surface area (Å²) in [5.74, 6) is 1.05. The van der Waals surface area contributed by atoms with Gasteiger partial charge in [0.15, 0.2) is 5.78 Å². The number of ketones is 1. The third-order valence-corrected chi connectivity index (χ3v) is 3.23. The molecule has 0 aliphatic rings. The molecule has 3 heteroatoms. The molecule has 0 unspecified atom stereocenters. The quantitative estimate of drug-likeness (QED) is 0.734. The lowest BCUT2D eigenvalue weighted by Crippen LogP contribution is -2.10. The summed E-state index contributed by atoms with van der Waals surface area (Å²) in [5.41, 5.74) is 1.79. The molecule has 0 fully saturated rings. The van der Waals surface area contributed by atoms with E-state index in [4.69, 9.17) is 0 Å². The van der Waals surface area contributed by atoms with E-state index < -0.39 is 0 Å².